The van der Waals surface area contributed by atoms with Crippen LogP contribution in [0.15, 0.2) is 59.5 Å². The zero-order chi connectivity index (χ0) is 23.4. The monoisotopic (exact) mass is 469 g/mol. The van der Waals surface area contributed by atoms with E-state index in [1.54, 1.807) is 30.3 Å². The van der Waals surface area contributed by atoms with Crippen molar-refractivity contribution in [2.45, 2.75) is 50.5 Å². The Kier molecular flexibility index (Phi) is 7.39. The van der Waals surface area contributed by atoms with E-state index in [1.165, 1.54) is 22.8 Å². The van der Waals surface area contributed by atoms with Gasteiger partial charge in [0.25, 0.3) is 0 Å². The minimum atomic E-state index is -3.50. The fourth-order valence-corrected chi connectivity index (χ4v) is 6.40. The molecular weight excluding hydrogens is 434 g/mol. The van der Waals surface area contributed by atoms with Crippen molar-refractivity contribution in [1.29, 1.82) is 0 Å². The van der Waals surface area contributed by atoms with Crippen LogP contribution < -0.4 is 10.2 Å². The van der Waals surface area contributed by atoms with Crippen molar-refractivity contribution >= 4 is 21.6 Å². The van der Waals surface area contributed by atoms with Crippen molar-refractivity contribution < 1.29 is 13.2 Å². The number of benzene rings is 2. The van der Waals surface area contributed by atoms with E-state index >= 15 is 0 Å². The third-order valence-corrected chi connectivity index (χ3v) is 8.89. The lowest BCUT2D eigenvalue weighted by Crippen LogP contribution is -2.43. The van der Waals surface area contributed by atoms with Gasteiger partial charge >= 0.3 is 0 Å². The SMILES string of the molecule is CC1CCCN(c2ccc(C(C)NC(=O)C3CCN(S(=O)(=O)c4ccccc4)CC3)cc2)C1. The summed E-state index contributed by atoms with van der Waals surface area (Å²) >= 11 is 0. The molecule has 2 aliphatic rings. The quantitative estimate of drug-likeness (QED) is 0.688. The van der Waals surface area contributed by atoms with E-state index in [9.17, 15) is 13.2 Å². The Bertz CT molecular complexity index is 1030. The summed E-state index contributed by atoms with van der Waals surface area (Å²) in [6, 6.07) is 16.9. The third-order valence-electron chi connectivity index (χ3n) is 6.98. The topological polar surface area (TPSA) is 69.7 Å². The predicted molar refractivity (Wildman–Crippen MR) is 132 cm³/mol. The van der Waals surface area contributed by atoms with E-state index < -0.39 is 10.0 Å². The summed E-state index contributed by atoms with van der Waals surface area (Å²) in [5.74, 6) is 0.572. The summed E-state index contributed by atoms with van der Waals surface area (Å²) in [5.41, 5.74) is 2.33. The van der Waals surface area contributed by atoms with Crippen LogP contribution >= 0.6 is 0 Å². The molecule has 2 aromatic carbocycles. The number of sulfonamides is 1. The number of nitrogens with zero attached hydrogens (tertiary/aromatic N) is 2. The second kappa shape index (κ2) is 10.3. The number of amides is 1. The van der Waals surface area contributed by atoms with Gasteiger partial charge in [0.15, 0.2) is 0 Å². The van der Waals surface area contributed by atoms with Gasteiger partial charge in [-0.05, 0) is 68.4 Å². The van der Waals surface area contributed by atoms with Crippen molar-refractivity contribution in [3.63, 3.8) is 0 Å². The van der Waals surface area contributed by atoms with Crippen molar-refractivity contribution in [3.05, 3.63) is 60.2 Å². The minimum Gasteiger partial charge on any atom is -0.371 e. The van der Waals surface area contributed by atoms with Gasteiger partial charge in [0.1, 0.15) is 0 Å². The smallest absolute Gasteiger partial charge is 0.243 e. The van der Waals surface area contributed by atoms with E-state index in [-0.39, 0.29) is 17.9 Å². The third kappa shape index (κ3) is 5.58. The molecule has 0 aliphatic carbocycles. The van der Waals surface area contributed by atoms with Crippen molar-refractivity contribution in [3.8, 4) is 0 Å². The summed E-state index contributed by atoms with van der Waals surface area (Å²) in [7, 11) is -3.50. The summed E-state index contributed by atoms with van der Waals surface area (Å²) in [6.45, 7) is 7.25. The maximum Gasteiger partial charge on any atom is 0.243 e. The number of rotatable bonds is 6. The lowest BCUT2D eigenvalue weighted by atomic mass is 9.96. The molecule has 0 spiro atoms. The zero-order valence-corrected chi connectivity index (χ0v) is 20.4. The molecule has 4 rings (SSSR count). The second-order valence-corrected chi connectivity index (χ2v) is 11.4. The van der Waals surface area contributed by atoms with E-state index in [0.29, 0.717) is 30.8 Å². The first-order valence-corrected chi connectivity index (χ1v) is 13.5. The van der Waals surface area contributed by atoms with Gasteiger partial charge in [-0.25, -0.2) is 8.42 Å². The van der Waals surface area contributed by atoms with Crippen molar-refractivity contribution in [1.82, 2.24) is 9.62 Å². The molecule has 2 atom stereocenters. The predicted octanol–water partition coefficient (Wildman–Crippen LogP) is 4.20. The first-order valence-electron chi connectivity index (χ1n) is 12.0. The molecule has 2 unspecified atom stereocenters. The number of piperidine rings is 2. The van der Waals surface area contributed by atoms with Crippen LogP contribution in [0.1, 0.15) is 51.1 Å². The van der Waals surface area contributed by atoms with Crippen LogP contribution in [0.5, 0.6) is 0 Å². The highest BCUT2D eigenvalue weighted by atomic mass is 32.2. The molecule has 1 amide bonds. The first kappa shape index (κ1) is 23.8. The van der Waals surface area contributed by atoms with Gasteiger partial charge in [0, 0.05) is 37.8 Å². The van der Waals surface area contributed by atoms with E-state index in [2.05, 4.69) is 41.4 Å². The number of carbonyl (C=O) groups is 1. The van der Waals surface area contributed by atoms with Crippen LogP contribution in [-0.2, 0) is 14.8 Å². The van der Waals surface area contributed by atoms with Crippen LogP contribution in [0.25, 0.3) is 0 Å². The Morgan fingerprint density at radius 2 is 1.64 bits per heavy atom. The summed E-state index contributed by atoms with van der Waals surface area (Å²) in [4.78, 5) is 15.6. The molecule has 2 fully saturated rings. The van der Waals surface area contributed by atoms with Gasteiger partial charge in [-0.2, -0.15) is 4.31 Å². The molecule has 0 radical (unpaired) electrons. The number of carbonyl (C=O) groups excluding carboxylic acids is 1. The molecule has 6 nitrogen and oxygen atoms in total. The Morgan fingerprint density at radius 1 is 0.970 bits per heavy atom. The van der Waals surface area contributed by atoms with Crippen molar-refractivity contribution in [2.24, 2.45) is 11.8 Å². The molecule has 0 bridgehead atoms. The maximum absolute atomic E-state index is 12.9. The largest absolute Gasteiger partial charge is 0.371 e. The molecule has 0 saturated carbocycles. The average Bonchev–Trinajstić information content (AvgIpc) is 2.84. The lowest BCUT2D eigenvalue weighted by Gasteiger charge is -2.33. The Hall–Kier alpha value is -2.38. The van der Waals surface area contributed by atoms with Crippen LogP contribution in [0.3, 0.4) is 0 Å². The normalized spacial score (nSPS) is 21.5. The zero-order valence-electron chi connectivity index (χ0n) is 19.6. The number of nitrogens with one attached hydrogen (secondary N) is 1. The standard InChI is InChI=1S/C26H35N3O3S/c1-20-7-6-16-28(19-20)24-12-10-22(11-13-24)21(2)27-26(30)23-14-17-29(18-15-23)33(31,32)25-8-4-3-5-9-25/h3-5,8-13,20-21,23H,6-7,14-19H2,1-2H3,(H,27,30). The molecule has 2 aliphatic heterocycles. The molecule has 2 heterocycles. The molecule has 178 valence electrons. The van der Waals surface area contributed by atoms with Crippen LogP contribution in [0, 0.1) is 11.8 Å². The minimum absolute atomic E-state index is 0.00758. The second-order valence-electron chi connectivity index (χ2n) is 9.51. The molecular formula is C26H35N3O3S. The Morgan fingerprint density at radius 3 is 2.27 bits per heavy atom. The summed E-state index contributed by atoms with van der Waals surface area (Å²) in [5, 5.41) is 3.14. The summed E-state index contributed by atoms with van der Waals surface area (Å²) < 4.78 is 27.1. The number of hydrogen-bond donors (Lipinski definition) is 1. The van der Waals surface area contributed by atoms with Gasteiger partial charge in [-0.1, -0.05) is 37.3 Å². The van der Waals surface area contributed by atoms with Crippen LogP contribution in [-0.4, -0.2) is 44.8 Å². The first-order chi connectivity index (χ1) is 15.8. The Labute approximate surface area is 198 Å². The molecule has 1 N–H and O–H groups in total. The highest BCUT2D eigenvalue weighted by Crippen LogP contribution is 2.27. The molecule has 2 aromatic rings. The maximum atomic E-state index is 12.9. The van der Waals surface area contributed by atoms with Crippen molar-refractivity contribution in [2.75, 3.05) is 31.1 Å². The Balaban J connectivity index is 1.30. The van der Waals surface area contributed by atoms with E-state index in [4.69, 9.17) is 0 Å². The van der Waals surface area contributed by atoms with Gasteiger partial charge in [-0.3, -0.25) is 4.79 Å². The van der Waals surface area contributed by atoms with Crippen LogP contribution in [0.2, 0.25) is 0 Å². The fourth-order valence-electron chi connectivity index (χ4n) is 4.91. The lowest BCUT2D eigenvalue weighted by molar-refractivity contribution is -0.126. The molecule has 7 heteroatoms. The van der Waals surface area contributed by atoms with E-state index in [0.717, 1.165) is 24.6 Å². The molecule has 2 saturated heterocycles. The average molecular weight is 470 g/mol. The van der Waals surface area contributed by atoms with Crippen LogP contribution in [0.4, 0.5) is 5.69 Å². The number of anilines is 1. The van der Waals surface area contributed by atoms with Gasteiger partial charge in [-0.15, -0.1) is 0 Å². The van der Waals surface area contributed by atoms with Gasteiger partial charge < -0.3 is 10.2 Å². The molecule has 33 heavy (non-hydrogen) atoms. The van der Waals surface area contributed by atoms with E-state index in [1.807, 2.05) is 6.92 Å². The summed E-state index contributed by atoms with van der Waals surface area (Å²) in [6.07, 6.45) is 3.61. The fraction of sp³-hybridized carbons (Fsp3) is 0.500. The molecule has 0 aromatic heterocycles. The van der Waals surface area contributed by atoms with Gasteiger partial charge in [0.2, 0.25) is 15.9 Å². The number of hydrogen-bond acceptors (Lipinski definition) is 4. The van der Waals surface area contributed by atoms with Gasteiger partial charge in [0.05, 0.1) is 10.9 Å². The highest BCUT2D eigenvalue weighted by Gasteiger charge is 2.32. The highest BCUT2D eigenvalue weighted by molar-refractivity contribution is 7.89.